The SMILES string of the molecule is CCC(O)CNCc1ccc(F)c(C)c1. The van der Waals surface area contributed by atoms with Crippen LogP contribution in [0.2, 0.25) is 0 Å². The summed E-state index contributed by atoms with van der Waals surface area (Å²) in [5, 5.41) is 12.4. The van der Waals surface area contributed by atoms with Gasteiger partial charge in [-0.15, -0.1) is 0 Å². The number of aliphatic hydroxyl groups excluding tert-OH is 1. The van der Waals surface area contributed by atoms with Crippen LogP contribution in [-0.4, -0.2) is 17.8 Å². The number of aryl methyl sites for hydroxylation is 1. The predicted octanol–water partition coefficient (Wildman–Crippen LogP) is 1.99. The highest BCUT2D eigenvalue weighted by atomic mass is 19.1. The van der Waals surface area contributed by atoms with Gasteiger partial charge in [-0.05, 0) is 30.5 Å². The molecule has 0 spiro atoms. The van der Waals surface area contributed by atoms with E-state index in [0.29, 0.717) is 18.7 Å². The number of aliphatic hydroxyl groups is 1. The normalized spacial score (nSPS) is 12.8. The van der Waals surface area contributed by atoms with E-state index in [1.807, 2.05) is 13.0 Å². The number of rotatable bonds is 5. The lowest BCUT2D eigenvalue weighted by Crippen LogP contribution is -2.25. The summed E-state index contributed by atoms with van der Waals surface area (Å²) < 4.78 is 12.9. The summed E-state index contributed by atoms with van der Waals surface area (Å²) in [5.41, 5.74) is 1.70. The molecule has 0 saturated heterocycles. The molecule has 0 bridgehead atoms. The number of hydrogen-bond acceptors (Lipinski definition) is 2. The Labute approximate surface area is 90.1 Å². The number of nitrogens with one attached hydrogen (secondary N) is 1. The molecule has 1 rings (SSSR count). The van der Waals surface area contributed by atoms with E-state index >= 15 is 0 Å². The van der Waals surface area contributed by atoms with Crippen LogP contribution in [0.25, 0.3) is 0 Å². The van der Waals surface area contributed by atoms with Crippen molar-refractivity contribution in [1.82, 2.24) is 5.32 Å². The first-order valence-electron chi connectivity index (χ1n) is 5.27. The van der Waals surface area contributed by atoms with E-state index in [0.717, 1.165) is 12.0 Å². The second kappa shape index (κ2) is 5.83. The second-order valence-electron chi connectivity index (χ2n) is 3.78. The Hall–Kier alpha value is -0.930. The molecule has 1 unspecified atom stereocenters. The Balaban J connectivity index is 2.41. The molecule has 0 aliphatic heterocycles. The molecular formula is C12H18FNO. The molecule has 84 valence electrons. The first kappa shape index (κ1) is 12.1. The molecule has 0 aliphatic rings. The molecule has 0 heterocycles. The van der Waals surface area contributed by atoms with Gasteiger partial charge in [0.15, 0.2) is 0 Å². The van der Waals surface area contributed by atoms with E-state index in [-0.39, 0.29) is 11.9 Å². The maximum absolute atomic E-state index is 12.9. The van der Waals surface area contributed by atoms with Gasteiger partial charge in [0.05, 0.1) is 6.10 Å². The highest BCUT2D eigenvalue weighted by Gasteiger charge is 2.01. The minimum Gasteiger partial charge on any atom is -0.392 e. The van der Waals surface area contributed by atoms with E-state index in [9.17, 15) is 9.50 Å². The van der Waals surface area contributed by atoms with Gasteiger partial charge in [-0.25, -0.2) is 4.39 Å². The van der Waals surface area contributed by atoms with Crippen molar-refractivity contribution in [2.45, 2.75) is 32.9 Å². The zero-order valence-corrected chi connectivity index (χ0v) is 9.26. The molecule has 0 radical (unpaired) electrons. The molecule has 0 aliphatic carbocycles. The number of halogens is 1. The fourth-order valence-corrected chi connectivity index (χ4v) is 1.34. The van der Waals surface area contributed by atoms with Gasteiger partial charge in [0.25, 0.3) is 0 Å². The molecule has 0 fully saturated rings. The van der Waals surface area contributed by atoms with Crippen LogP contribution in [0.4, 0.5) is 4.39 Å². The number of benzene rings is 1. The van der Waals surface area contributed by atoms with Gasteiger partial charge in [-0.3, -0.25) is 0 Å². The van der Waals surface area contributed by atoms with Gasteiger partial charge in [0, 0.05) is 13.1 Å². The van der Waals surface area contributed by atoms with Crippen molar-refractivity contribution in [3.8, 4) is 0 Å². The third-order valence-electron chi connectivity index (χ3n) is 2.40. The number of hydrogen-bond donors (Lipinski definition) is 2. The third kappa shape index (κ3) is 3.98. The Morgan fingerprint density at radius 3 is 2.80 bits per heavy atom. The van der Waals surface area contributed by atoms with E-state index in [2.05, 4.69) is 5.32 Å². The molecule has 3 heteroatoms. The fraction of sp³-hybridized carbons (Fsp3) is 0.500. The lowest BCUT2D eigenvalue weighted by atomic mass is 10.1. The Morgan fingerprint density at radius 2 is 2.20 bits per heavy atom. The summed E-state index contributed by atoms with van der Waals surface area (Å²) in [6.45, 7) is 4.93. The Morgan fingerprint density at radius 1 is 1.47 bits per heavy atom. The van der Waals surface area contributed by atoms with E-state index in [1.165, 1.54) is 6.07 Å². The minimum atomic E-state index is -0.299. The van der Waals surface area contributed by atoms with E-state index in [4.69, 9.17) is 0 Å². The van der Waals surface area contributed by atoms with Crippen LogP contribution in [-0.2, 0) is 6.54 Å². The van der Waals surface area contributed by atoms with Crippen molar-refractivity contribution in [3.63, 3.8) is 0 Å². The summed E-state index contributed by atoms with van der Waals surface area (Å²) in [4.78, 5) is 0. The summed E-state index contributed by atoms with van der Waals surface area (Å²) >= 11 is 0. The van der Waals surface area contributed by atoms with Gasteiger partial charge >= 0.3 is 0 Å². The Kier molecular flexibility index (Phi) is 4.72. The molecule has 0 saturated carbocycles. The van der Waals surface area contributed by atoms with Gasteiger partial charge in [0.1, 0.15) is 5.82 Å². The van der Waals surface area contributed by atoms with Crippen LogP contribution in [0.3, 0.4) is 0 Å². The third-order valence-corrected chi connectivity index (χ3v) is 2.40. The average Bonchev–Trinajstić information content (AvgIpc) is 2.23. The van der Waals surface area contributed by atoms with Crippen molar-refractivity contribution >= 4 is 0 Å². The van der Waals surface area contributed by atoms with Gasteiger partial charge in [0.2, 0.25) is 0 Å². The molecule has 1 aromatic rings. The van der Waals surface area contributed by atoms with Crippen molar-refractivity contribution in [2.24, 2.45) is 0 Å². The molecule has 1 aromatic carbocycles. The lowest BCUT2D eigenvalue weighted by molar-refractivity contribution is 0.167. The highest BCUT2D eigenvalue weighted by molar-refractivity contribution is 5.23. The maximum atomic E-state index is 12.9. The predicted molar refractivity (Wildman–Crippen MR) is 59.1 cm³/mol. The molecule has 1 atom stereocenters. The molecule has 0 amide bonds. The van der Waals surface area contributed by atoms with Crippen LogP contribution in [0.5, 0.6) is 0 Å². The van der Waals surface area contributed by atoms with Crippen molar-refractivity contribution in [3.05, 3.63) is 35.1 Å². The summed E-state index contributed by atoms with van der Waals surface area (Å²) in [6, 6.07) is 5.05. The quantitative estimate of drug-likeness (QED) is 0.780. The molecule has 2 N–H and O–H groups in total. The first-order chi connectivity index (χ1) is 7.13. The zero-order chi connectivity index (χ0) is 11.3. The smallest absolute Gasteiger partial charge is 0.126 e. The second-order valence-corrected chi connectivity index (χ2v) is 3.78. The molecule has 15 heavy (non-hydrogen) atoms. The summed E-state index contributed by atoms with van der Waals surface area (Å²) in [5.74, 6) is -0.174. The van der Waals surface area contributed by atoms with E-state index < -0.39 is 0 Å². The topological polar surface area (TPSA) is 32.3 Å². The van der Waals surface area contributed by atoms with Crippen LogP contribution < -0.4 is 5.32 Å². The first-order valence-corrected chi connectivity index (χ1v) is 5.27. The van der Waals surface area contributed by atoms with Gasteiger partial charge in [-0.1, -0.05) is 19.1 Å². The van der Waals surface area contributed by atoms with Gasteiger partial charge < -0.3 is 10.4 Å². The zero-order valence-electron chi connectivity index (χ0n) is 9.26. The molecule has 0 aromatic heterocycles. The monoisotopic (exact) mass is 211 g/mol. The standard InChI is InChI=1S/C12H18FNO/c1-3-11(15)8-14-7-10-4-5-12(13)9(2)6-10/h4-6,11,14-15H,3,7-8H2,1-2H3. The largest absolute Gasteiger partial charge is 0.392 e. The van der Waals surface area contributed by atoms with Crippen LogP contribution in [0.1, 0.15) is 24.5 Å². The minimum absolute atomic E-state index is 0.174. The summed E-state index contributed by atoms with van der Waals surface area (Å²) in [6.07, 6.45) is 0.446. The summed E-state index contributed by atoms with van der Waals surface area (Å²) in [7, 11) is 0. The maximum Gasteiger partial charge on any atom is 0.126 e. The van der Waals surface area contributed by atoms with Crippen LogP contribution in [0, 0.1) is 12.7 Å². The Bertz CT molecular complexity index is 314. The van der Waals surface area contributed by atoms with Crippen molar-refractivity contribution in [2.75, 3.05) is 6.54 Å². The highest BCUT2D eigenvalue weighted by Crippen LogP contribution is 2.08. The van der Waals surface area contributed by atoms with E-state index in [1.54, 1.807) is 13.0 Å². The van der Waals surface area contributed by atoms with Gasteiger partial charge in [-0.2, -0.15) is 0 Å². The van der Waals surface area contributed by atoms with Crippen LogP contribution in [0.15, 0.2) is 18.2 Å². The van der Waals surface area contributed by atoms with Crippen molar-refractivity contribution < 1.29 is 9.50 Å². The van der Waals surface area contributed by atoms with Crippen LogP contribution >= 0.6 is 0 Å². The average molecular weight is 211 g/mol. The molecular weight excluding hydrogens is 193 g/mol. The van der Waals surface area contributed by atoms with Crippen molar-refractivity contribution in [1.29, 1.82) is 0 Å². The fourth-order valence-electron chi connectivity index (χ4n) is 1.34. The lowest BCUT2D eigenvalue weighted by Gasteiger charge is -2.09. The molecule has 2 nitrogen and oxygen atoms in total.